The van der Waals surface area contributed by atoms with E-state index in [4.69, 9.17) is 5.73 Å². The molecule has 2 N–H and O–H groups in total. The van der Waals surface area contributed by atoms with Crippen molar-refractivity contribution in [3.05, 3.63) is 53.9 Å². The monoisotopic (exact) mass is 231 g/mol. The molecule has 1 heterocycles. The second kappa shape index (κ2) is 4.93. The maximum atomic E-state index is 13.9. The Balaban J connectivity index is 2.39. The third-order valence-corrected chi connectivity index (χ3v) is 2.50. The molecule has 0 saturated carbocycles. The third-order valence-electron chi connectivity index (χ3n) is 2.50. The summed E-state index contributed by atoms with van der Waals surface area (Å²) in [5.41, 5.74) is 6.65. The molecular formula is C13H14FN3. The summed E-state index contributed by atoms with van der Waals surface area (Å²) in [6, 6.07) is 5.07. The average Bonchev–Trinajstić information content (AvgIpc) is 2.73. The molecule has 0 aliphatic rings. The molecule has 1 aromatic heterocycles. The summed E-state index contributed by atoms with van der Waals surface area (Å²) in [6.07, 6.45) is 6.98. The van der Waals surface area contributed by atoms with Gasteiger partial charge in [-0.15, -0.1) is 0 Å². The number of hydrogen-bond acceptors (Lipinski definition) is 2. The van der Waals surface area contributed by atoms with E-state index in [-0.39, 0.29) is 5.82 Å². The van der Waals surface area contributed by atoms with Gasteiger partial charge in [0, 0.05) is 18.9 Å². The smallest absolute Gasteiger partial charge is 0.147 e. The number of imidazole rings is 1. The van der Waals surface area contributed by atoms with Gasteiger partial charge in [0.2, 0.25) is 0 Å². The molecule has 0 fully saturated rings. The Labute approximate surface area is 99.4 Å². The van der Waals surface area contributed by atoms with Crippen LogP contribution in [0.2, 0.25) is 0 Å². The van der Waals surface area contributed by atoms with E-state index in [2.05, 4.69) is 4.98 Å². The van der Waals surface area contributed by atoms with Crippen LogP contribution >= 0.6 is 0 Å². The summed E-state index contributed by atoms with van der Waals surface area (Å²) >= 11 is 0. The summed E-state index contributed by atoms with van der Waals surface area (Å²) < 4.78 is 15.6. The van der Waals surface area contributed by atoms with Gasteiger partial charge in [0.25, 0.3) is 0 Å². The second-order valence-electron chi connectivity index (χ2n) is 3.69. The van der Waals surface area contributed by atoms with Crippen molar-refractivity contribution >= 4 is 6.08 Å². The standard InChI is InChI=1S/C13H14FN3/c1-10-16-7-8-17(10)13-5-4-11(3-2-6-15)9-12(13)14/h2-5,7-9H,6,15H2,1H3/b3-2+. The fourth-order valence-corrected chi connectivity index (χ4v) is 1.66. The number of nitrogens with zero attached hydrogens (tertiary/aromatic N) is 2. The first-order chi connectivity index (χ1) is 8.22. The first-order valence-electron chi connectivity index (χ1n) is 5.39. The second-order valence-corrected chi connectivity index (χ2v) is 3.69. The van der Waals surface area contributed by atoms with E-state index >= 15 is 0 Å². The van der Waals surface area contributed by atoms with Crippen molar-refractivity contribution in [2.75, 3.05) is 6.54 Å². The SMILES string of the molecule is Cc1nccn1-c1ccc(/C=C/CN)cc1F. The van der Waals surface area contributed by atoms with Crippen LogP contribution in [-0.4, -0.2) is 16.1 Å². The van der Waals surface area contributed by atoms with Gasteiger partial charge >= 0.3 is 0 Å². The van der Waals surface area contributed by atoms with Crippen molar-refractivity contribution in [2.24, 2.45) is 5.73 Å². The van der Waals surface area contributed by atoms with Crippen molar-refractivity contribution in [2.45, 2.75) is 6.92 Å². The Kier molecular flexibility index (Phi) is 3.35. The number of rotatable bonds is 3. The van der Waals surface area contributed by atoms with Gasteiger partial charge in [-0.05, 0) is 24.6 Å². The van der Waals surface area contributed by atoms with Gasteiger partial charge in [-0.25, -0.2) is 9.37 Å². The van der Waals surface area contributed by atoms with Gasteiger partial charge in [-0.2, -0.15) is 0 Å². The molecule has 0 unspecified atom stereocenters. The van der Waals surface area contributed by atoms with E-state index in [1.807, 2.05) is 13.0 Å². The number of aromatic nitrogens is 2. The van der Waals surface area contributed by atoms with Gasteiger partial charge in [0.1, 0.15) is 11.6 Å². The van der Waals surface area contributed by atoms with Crippen LogP contribution in [0.5, 0.6) is 0 Å². The van der Waals surface area contributed by atoms with Crippen LogP contribution in [0, 0.1) is 12.7 Å². The minimum atomic E-state index is -0.273. The van der Waals surface area contributed by atoms with Crippen LogP contribution in [0.25, 0.3) is 11.8 Å². The Bertz CT molecular complexity index is 543. The summed E-state index contributed by atoms with van der Waals surface area (Å²) in [4.78, 5) is 4.07. The lowest BCUT2D eigenvalue weighted by Gasteiger charge is -2.07. The minimum Gasteiger partial charge on any atom is -0.327 e. The van der Waals surface area contributed by atoms with E-state index in [1.165, 1.54) is 6.07 Å². The summed E-state index contributed by atoms with van der Waals surface area (Å²) in [5.74, 6) is 0.486. The number of nitrogens with two attached hydrogens (primary N) is 1. The Morgan fingerprint density at radius 2 is 2.29 bits per heavy atom. The van der Waals surface area contributed by atoms with Crippen molar-refractivity contribution in [1.82, 2.24) is 9.55 Å². The molecule has 0 spiro atoms. The summed E-state index contributed by atoms with van der Waals surface area (Å²) in [6.45, 7) is 2.28. The lowest BCUT2D eigenvalue weighted by molar-refractivity contribution is 0.616. The molecule has 3 nitrogen and oxygen atoms in total. The van der Waals surface area contributed by atoms with Crippen molar-refractivity contribution < 1.29 is 4.39 Å². The Morgan fingerprint density at radius 1 is 1.47 bits per heavy atom. The zero-order valence-corrected chi connectivity index (χ0v) is 9.60. The highest BCUT2D eigenvalue weighted by molar-refractivity contribution is 5.52. The quantitative estimate of drug-likeness (QED) is 0.880. The molecule has 17 heavy (non-hydrogen) atoms. The molecule has 0 atom stereocenters. The van der Waals surface area contributed by atoms with E-state index in [9.17, 15) is 4.39 Å². The average molecular weight is 231 g/mol. The van der Waals surface area contributed by atoms with Gasteiger partial charge < -0.3 is 10.3 Å². The zero-order valence-electron chi connectivity index (χ0n) is 9.60. The largest absolute Gasteiger partial charge is 0.327 e. The molecule has 0 aliphatic heterocycles. The molecule has 0 radical (unpaired) electrons. The molecule has 0 aliphatic carbocycles. The Morgan fingerprint density at radius 3 is 2.88 bits per heavy atom. The van der Waals surface area contributed by atoms with Gasteiger partial charge in [0.05, 0.1) is 5.69 Å². The van der Waals surface area contributed by atoms with Crippen LogP contribution < -0.4 is 5.73 Å². The van der Waals surface area contributed by atoms with Crippen molar-refractivity contribution in [3.63, 3.8) is 0 Å². The van der Waals surface area contributed by atoms with Gasteiger partial charge in [-0.3, -0.25) is 0 Å². The third kappa shape index (κ3) is 2.42. The highest BCUT2D eigenvalue weighted by Gasteiger charge is 2.06. The lowest BCUT2D eigenvalue weighted by Crippen LogP contribution is -1.99. The topological polar surface area (TPSA) is 43.8 Å². The first kappa shape index (κ1) is 11.5. The highest BCUT2D eigenvalue weighted by Crippen LogP contribution is 2.17. The molecule has 2 aromatic rings. The molecular weight excluding hydrogens is 217 g/mol. The molecule has 0 amide bonds. The zero-order chi connectivity index (χ0) is 12.3. The molecule has 0 bridgehead atoms. The highest BCUT2D eigenvalue weighted by atomic mass is 19.1. The maximum Gasteiger partial charge on any atom is 0.147 e. The van der Waals surface area contributed by atoms with Gasteiger partial charge in [-0.1, -0.05) is 18.2 Å². The number of benzene rings is 1. The molecule has 4 heteroatoms. The van der Waals surface area contributed by atoms with Crippen LogP contribution in [0.1, 0.15) is 11.4 Å². The molecule has 2 rings (SSSR count). The summed E-state index contributed by atoms with van der Waals surface area (Å²) in [7, 11) is 0. The van der Waals surface area contributed by atoms with Crippen molar-refractivity contribution in [3.8, 4) is 5.69 Å². The predicted octanol–water partition coefficient (Wildman–Crippen LogP) is 2.29. The molecule has 88 valence electrons. The van der Waals surface area contributed by atoms with E-state index in [0.717, 1.165) is 11.4 Å². The fourth-order valence-electron chi connectivity index (χ4n) is 1.66. The maximum absolute atomic E-state index is 13.9. The van der Waals surface area contributed by atoms with Crippen LogP contribution in [0.3, 0.4) is 0 Å². The van der Waals surface area contributed by atoms with E-state index < -0.39 is 0 Å². The van der Waals surface area contributed by atoms with Crippen LogP contribution in [0.15, 0.2) is 36.7 Å². The van der Waals surface area contributed by atoms with Crippen LogP contribution in [-0.2, 0) is 0 Å². The fraction of sp³-hybridized carbons (Fsp3) is 0.154. The minimum absolute atomic E-state index is 0.273. The number of aryl methyl sites for hydroxylation is 1. The number of hydrogen-bond donors (Lipinski definition) is 1. The van der Waals surface area contributed by atoms with Crippen molar-refractivity contribution in [1.29, 1.82) is 0 Å². The summed E-state index contributed by atoms with van der Waals surface area (Å²) in [5, 5.41) is 0. The molecule has 1 aromatic carbocycles. The van der Waals surface area contributed by atoms with E-state index in [1.54, 1.807) is 35.2 Å². The van der Waals surface area contributed by atoms with Gasteiger partial charge in [0.15, 0.2) is 0 Å². The van der Waals surface area contributed by atoms with Crippen LogP contribution in [0.4, 0.5) is 4.39 Å². The lowest BCUT2D eigenvalue weighted by atomic mass is 10.2. The first-order valence-corrected chi connectivity index (χ1v) is 5.39. The Hall–Kier alpha value is -1.94. The number of halogens is 1. The normalized spacial score (nSPS) is 11.2. The van der Waals surface area contributed by atoms with E-state index in [0.29, 0.717) is 12.2 Å². The predicted molar refractivity (Wildman–Crippen MR) is 66.3 cm³/mol. The molecule has 0 saturated heterocycles.